The van der Waals surface area contributed by atoms with Crippen molar-refractivity contribution in [2.75, 3.05) is 11.9 Å². The molecule has 0 heterocycles. The Morgan fingerprint density at radius 3 is 2.68 bits per heavy atom. The number of benzene rings is 2. The predicted octanol–water partition coefficient (Wildman–Crippen LogP) is 5.50. The summed E-state index contributed by atoms with van der Waals surface area (Å²) in [5.41, 5.74) is 2.20. The van der Waals surface area contributed by atoms with Crippen LogP contribution in [-0.4, -0.2) is 18.1 Å². The summed E-state index contributed by atoms with van der Waals surface area (Å²) in [6.07, 6.45) is 3.76. The van der Waals surface area contributed by atoms with E-state index in [1.54, 1.807) is 0 Å². The molecule has 0 spiro atoms. The Kier molecular flexibility index (Phi) is 6.74. The summed E-state index contributed by atoms with van der Waals surface area (Å²) < 4.78 is 11.9. The van der Waals surface area contributed by atoms with E-state index in [2.05, 4.69) is 12.2 Å². The van der Waals surface area contributed by atoms with E-state index in [0.717, 1.165) is 48.2 Å². The fraction of sp³-hybridized carbons (Fsp3) is 0.458. The Hall–Kier alpha value is -2.33. The second-order valence-electron chi connectivity index (χ2n) is 7.84. The molecule has 2 atom stereocenters. The number of rotatable bonds is 7. The summed E-state index contributed by atoms with van der Waals surface area (Å²) in [6, 6.07) is 15.9. The maximum atomic E-state index is 13.1. The zero-order valence-corrected chi connectivity index (χ0v) is 17.2. The van der Waals surface area contributed by atoms with Crippen molar-refractivity contribution in [2.24, 2.45) is 5.92 Å². The Balaban J connectivity index is 1.66. The van der Waals surface area contributed by atoms with Crippen molar-refractivity contribution in [1.29, 1.82) is 0 Å². The van der Waals surface area contributed by atoms with Crippen LogP contribution in [0.2, 0.25) is 0 Å². The largest absolute Gasteiger partial charge is 0.489 e. The van der Waals surface area contributed by atoms with Crippen LogP contribution in [0.25, 0.3) is 0 Å². The van der Waals surface area contributed by atoms with Gasteiger partial charge in [0.1, 0.15) is 18.0 Å². The second kappa shape index (κ2) is 9.24. The molecule has 4 heteroatoms. The lowest BCUT2D eigenvalue weighted by molar-refractivity contribution is -0.147. The molecule has 4 nitrogen and oxygen atoms in total. The molecule has 0 unspecified atom stereocenters. The lowest BCUT2D eigenvalue weighted by atomic mass is 9.78. The van der Waals surface area contributed by atoms with E-state index in [-0.39, 0.29) is 5.91 Å². The van der Waals surface area contributed by atoms with Crippen molar-refractivity contribution in [3.63, 3.8) is 0 Å². The van der Waals surface area contributed by atoms with Gasteiger partial charge < -0.3 is 14.8 Å². The van der Waals surface area contributed by atoms with Crippen LogP contribution in [0.5, 0.6) is 5.75 Å². The topological polar surface area (TPSA) is 47.6 Å². The van der Waals surface area contributed by atoms with Gasteiger partial charge in [0.25, 0.3) is 5.91 Å². The molecular weight excluding hydrogens is 350 g/mol. The zero-order valence-electron chi connectivity index (χ0n) is 17.2. The van der Waals surface area contributed by atoms with Crippen LogP contribution >= 0.6 is 0 Å². The van der Waals surface area contributed by atoms with Crippen LogP contribution in [0.15, 0.2) is 48.5 Å². The molecule has 1 aliphatic carbocycles. The highest BCUT2D eigenvalue weighted by atomic mass is 16.5. The first-order valence-electron chi connectivity index (χ1n) is 10.3. The molecule has 0 aromatic heterocycles. The molecule has 1 N–H and O–H groups in total. The van der Waals surface area contributed by atoms with Gasteiger partial charge in [-0.1, -0.05) is 43.7 Å². The van der Waals surface area contributed by atoms with E-state index in [1.165, 1.54) is 0 Å². The first-order valence-corrected chi connectivity index (χ1v) is 10.3. The van der Waals surface area contributed by atoms with Crippen molar-refractivity contribution >= 4 is 11.6 Å². The van der Waals surface area contributed by atoms with Gasteiger partial charge in [0.2, 0.25) is 0 Å². The Labute approximate surface area is 168 Å². The molecule has 1 amide bonds. The summed E-state index contributed by atoms with van der Waals surface area (Å²) in [4.78, 5) is 13.1. The first kappa shape index (κ1) is 20.4. The van der Waals surface area contributed by atoms with Gasteiger partial charge in [-0.2, -0.15) is 0 Å². The number of nitrogens with one attached hydrogen (secondary N) is 1. The first-order chi connectivity index (χ1) is 13.5. The van der Waals surface area contributed by atoms with Gasteiger partial charge in [0.15, 0.2) is 0 Å². The number of carbonyl (C=O) groups excluding carboxylic acids is 1. The minimum Gasteiger partial charge on any atom is -0.489 e. The SMILES string of the molecule is CCO[C@@]1(C(=O)Nc2ccc(OCc3ccccc3)c(C)c2)CCC[C@@H](C)C1. The summed E-state index contributed by atoms with van der Waals surface area (Å²) in [5, 5.41) is 3.08. The Morgan fingerprint density at radius 1 is 1.21 bits per heavy atom. The maximum absolute atomic E-state index is 13.1. The highest BCUT2D eigenvalue weighted by Gasteiger charge is 2.42. The van der Waals surface area contributed by atoms with E-state index in [9.17, 15) is 4.79 Å². The van der Waals surface area contributed by atoms with Gasteiger partial charge in [-0.15, -0.1) is 0 Å². The van der Waals surface area contributed by atoms with Gasteiger partial charge in [-0.3, -0.25) is 4.79 Å². The number of hydrogen-bond acceptors (Lipinski definition) is 3. The van der Waals surface area contributed by atoms with Gasteiger partial charge in [-0.05, 0) is 68.4 Å². The normalized spacial score (nSPS) is 21.9. The molecule has 2 aromatic rings. The molecule has 0 bridgehead atoms. The van der Waals surface area contributed by atoms with E-state index < -0.39 is 5.60 Å². The minimum absolute atomic E-state index is 0.0294. The van der Waals surface area contributed by atoms with Crippen LogP contribution in [0, 0.1) is 12.8 Å². The van der Waals surface area contributed by atoms with E-state index >= 15 is 0 Å². The van der Waals surface area contributed by atoms with Crippen LogP contribution < -0.4 is 10.1 Å². The summed E-state index contributed by atoms with van der Waals surface area (Å²) in [5.74, 6) is 1.30. The number of amides is 1. The lowest BCUT2D eigenvalue weighted by Crippen LogP contribution is -2.48. The minimum atomic E-state index is -0.706. The van der Waals surface area contributed by atoms with E-state index in [1.807, 2.05) is 62.4 Å². The summed E-state index contributed by atoms with van der Waals surface area (Å²) in [6.45, 7) is 7.22. The van der Waals surface area contributed by atoms with E-state index in [4.69, 9.17) is 9.47 Å². The third kappa shape index (κ3) is 4.93. The average Bonchev–Trinajstić information content (AvgIpc) is 2.68. The second-order valence-corrected chi connectivity index (χ2v) is 7.84. The van der Waals surface area contributed by atoms with Crippen LogP contribution in [-0.2, 0) is 16.1 Å². The molecule has 1 aliphatic rings. The molecule has 1 saturated carbocycles. The van der Waals surface area contributed by atoms with Crippen molar-refractivity contribution in [3.8, 4) is 5.75 Å². The van der Waals surface area contributed by atoms with Gasteiger partial charge in [-0.25, -0.2) is 0 Å². The number of aryl methyl sites for hydroxylation is 1. The number of anilines is 1. The van der Waals surface area contributed by atoms with Crippen LogP contribution in [0.4, 0.5) is 5.69 Å². The van der Waals surface area contributed by atoms with Crippen LogP contribution in [0.3, 0.4) is 0 Å². The number of ether oxygens (including phenoxy) is 2. The molecule has 3 rings (SSSR count). The average molecular weight is 382 g/mol. The monoisotopic (exact) mass is 381 g/mol. The highest BCUT2D eigenvalue weighted by molar-refractivity contribution is 5.97. The van der Waals surface area contributed by atoms with Crippen molar-refractivity contribution in [1.82, 2.24) is 0 Å². The molecule has 150 valence electrons. The summed E-state index contributed by atoms with van der Waals surface area (Å²) >= 11 is 0. The zero-order chi connectivity index (χ0) is 20.0. The summed E-state index contributed by atoms with van der Waals surface area (Å²) in [7, 11) is 0. The molecule has 28 heavy (non-hydrogen) atoms. The lowest BCUT2D eigenvalue weighted by Gasteiger charge is -2.38. The van der Waals surface area contributed by atoms with Gasteiger partial charge >= 0.3 is 0 Å². The molecule has 1 fully saturated rings. The highest BCUT2D eigenvalue weighted by Crippen LogP contribution is 2.36. The fourth-order valence-electron chi connectivity index (χ4n) is 4.05. The van der Waals surface area contributed by atoms with Crippen molar-refractivity contribution in [2.45, 2.75) is 58.7 Å². The van der Waals surface area contributed by atoms with Crippen molar-refractivity contribution < 1.29 is 14.3 Å². The third-order valence-electron chi connectivity index (χ3n) is 5.46. The molecule has 0 radical (unpaired) electrons. The van der Waals surface area contributed by atoms with Gasteiger partial charge in [0, 0.05) is 12.3 Å². The fourth-order valence-corrected chi connectivity index (χ4v) is 4.05. The Morgan fingerprint density at radius 2 is 2.00 bits per heavy atom. The van der Waals surface area contributed by atoms with Crippen LogP contribution in [0.1, 0.15) is 50.7 Å². The number of carbonyl (C=O) groups is 1. The maximum Gasteiger partial charge on any atom is 0.256 e. The predicted molar refractivity (Wildman–Crippen MR) is 113 cm³/mol. The Bertz CT molecular complexity index is 786. The quantitative estimate of drug-likeness (QED) is 0.689. The smallest absolute Gasteiger partial charge is 0.256 e. The van der Waals surface area contributed by atoms with E-state index in [0.29, 0.717) is 19.1 Å². The van der Waals surface area contributed by atoms with Crippen molar-refractivity contribution in [3.05, 3.63) is 59.7 Å². The van der Waals surface area contributed by atoms with Gasteiger partial charge in [0.05, 0.1) is 0 Å². The standard InChI is InChI=1S/C24H31NO3/c1-4-28-24(14-8-9-18(2)16-24)23(26)25-21-12-13-22(19(3)15-21)27-17-20-10-6-5-7-11-20/h5-7,10-13,15,18H,4,8-9,14,16-17H2,1-3H3,(H,25,26)/t18-,24+/m1/s1. The molecule has 0 saturated heterocycles. The molecular formula is C24H31NO3. The molecule has 0 aliphatic heterocycles. The molecule has 2 aromatic carbocycles. The number of hydrogen-bond donors (Lipinski definition) is 1. The third-order valence-corrected chi connectivity index (χ3v) is 5.46.